The highest BCUT2D eigenvalue weighted by Crippen LogP contribution is 2.35. The van der Waals surface area contributed by atoms with Crippen molar-refractivity contribution in [1.82, 2.24) is 9.55 Å². The summed E-state index contributed by atoms with van der Waals surface area (Å²) in [5, 5.41) is 1.08. The second kappa shape index (κ2) is 9.64. The number of ether oxygens (including phenoxy) is 2. The lowest BCUT2D eigenvalue weighted by Crippen LogP contribution is -2.08. The van der Waals surface area contributed by atoms with Crippen LogP contribution in [-0.2, 0) is 17.9 Å². The molecule has 0 aliphatic rings. The lowest BCUT2D eigenvalue weighted by molar-refractivity contribution is 0.114. The third-order valence-electron chi connectivity index (χ3n) is 5.14. The molecule has 0 amide bonds. The van der Waals surface area contributed by atoms with Crippen molar-refractivity contribution in [3.05, 3.63) is 57.8 Å². The van der Waals surface area contributed by atoms with Gasteiger partial charge in [0.05, 0.1) is 30.9 Å². The third kappa shape index (κ3) is 4.45. The fourth-order valence-electron chi connectivity index (χ4n) is 3.54. The van der Waals surface area contributed by atoms with Crippen molar-refractivity contribution in [3.8, 4) is 5.75 Å². The quantitative estimate of drug-likeness (QED) is 0.372. The zero-order valence-corrected chi connectivity index (χ0v) is 18.1. The van der Waals surface area contributed by atoms with Gasteiger partial charge in [-0.15, -0.1) is 0 Å². The van der Waals surface area contributed by atoms with Gasteiger partial charge in [-0.05, 0) is 59.7 Å². The minimum atomic E-state index is 0.448. The van der Waals surface area contributed by atoms with E-state index < -0.39 is 0 Å². The zero-order valence-electron chi connectivity index (χ0n) is 16.5. The van der Waals surface area contributed by atoms with Gasteiger partial charge in [-0.25, -0.2) is 4.98 Å². The summed E-state index contributed by atoms with van der Waals surface area (Å²) in [5.41, 5.74) is 4.15. The van der Waals surface area contributed by atoms with Gasteiger partial charge >= 0.3 is 0 Å². The second-order valence-corrected chi connectivity index (χ2v) is 7.53. The van der Waals surface area contributed by atoms with Crippen molar-refractivity contribution >= 4 is 34.2 Å². The van der Waals surface area contributed by atoms with Crippen molar-refractivity contribution in [2.75, 3.05) is 13.7 Å². The largest absolute Gasteiger partial charge is 0.497 e. The minimum Gasteiger partial charge on any atom is -0.497 e. The van der Waals surface area contributed by atoms with Crippen LogP contribution < -0.4 is 4.74 Å². The minimum absolute atomic E-state index is 0.448. The number of hydrogen-bond donors (Lipinski definition) is 0. The highest BCUT2D eigenvalue weighted by molar-refractivity contribution is 6.36. The SMILES string of the molecule is CCC(CC)c1ccc(Cl)c2nc(Cl)n(CCOCc3ccc(OC)cc3)c12. The molecule has 0 saturated carbocycles. The maximum atomic E-state index is 6.46. The molecule has 4 nitrogen and oxygen atoms in total. The van der Waals surface area contributed by atoms with Gasteiger partial charge in [-0.3, -0.25) is 0 Å². The Kier molecular flexibility index (Phi) is 7.22. The lowest BCUT2D eigenvalue weighted by atomic mass is 9.93. The summed E-state index contributed by atoms with van der Waals surface area (Å²) < 4.78 is 13.1. The normalized spacial score (nSPS) is 11.5. The fourth-order valence-corrected chi connectivity index (χ4v) is 3.98. The summed E-state index contributed by atoms with van der Waals surface area (Å²) in [6.07, 6.45) is 2.12. The Labute approximate surface area is 176 Å². The van der Waals surface area contributed by atoms with E-state index in [1.165, 1.54) is 5.56 Å². The van der Waals surface area contributed by atoms with Gasteiger partial charge in [0, 0.05) is 6.54 Å². The number of halogens is 2. The van der Waals surface area contributed by atoms with Crippen LogP contribution in [0.1, 0.15) is 43.7 Å². The molecule has 3 rings (SSSR count). The molecule has 28 heavy (non-hydrogen) atoms. The number of fused-ring (bicyclic) bond motifs is 1. The molecule has 0 radical (unpaired) electrons. The highest BCUT2D eigenvalue weighted by Gasteiger charge is 2.19. The lowest BCUT2D eigenvalue weighted by Gasteiger charge is -2.17. The molecule has 0 aliphatic carbocycles. The van der Waals surface area contributed by atoms with Crippen LogP contribution in [-0.4, -0.2) is 23.3 Å². The summed E-state index contributed by atoms with van der Waals surface area (Å²) >= 11 is 12.9. The fraction of sp³-hybridized carbons (Fsp3) is 0.409. The second-order valence-electron chi connectivity index (χ2n) is 6.78. The average Bonchev–Trinajstić information content (AvgIpc) is 3.05. The molecule has 0 atom stereocenters. The van der Waals surface area contributed by atoms with Gasteiger partial charge < -0.3 is 14.0 Å². The molecule has 0 saturated heterocycles. The van der Waals surface area contributed by atoms with Crippen LogP contribution in [0.15, 0.2) is 36.4 Å². The summed E-state index contributed by atoms with van der Waals surface area (Å²) in [4.78, 5) is 4.51. The Morgan fingerprint density at radius 3 is 2.39 bits per heavy atom. The molecule has 150 valence electrons. The molecule has 6 heteroatoms. The van der Waals surface area contributed by atoms with Crippen molar-refractivity contribution < 1.29 is 9.47 Å². The summed E-state index contributed by atoms with van der Waals surface area (Å²) in [6, 6.07) is 11.9. The van der Waals surface area contributed by atoms with Gasteiger partial charge in [0.1, 0.15) is 11.3 Å². The smallest absolute Gasteiger partial charge is 0.203 e. The number of rotatable bonds is 9. The third-order valence-corrected chi connectivity index (χ3v) is 5.74. The van der Waals surface area contributed by atoms with Crippen molar-refractivity contribution in [1.29, 1.82) is 0 Å². The molecule has 0 spiro atoms. The van der Waals surface area contributed by atoms with E-state index >= 15 is 0 Å². The Bertz CT molecular complexity index is 918. The molecule has 0 unspecified atom stereocenters. The molecule has 1 heterocycles. The predicted octanol–water partition coefficient (Wildman–Crippen LogP) is 6.47. The van der Waals surface area contributed by atoms with E-state index in [2.05, 4.69) is 24.9 Å². The van der Waals surface area contributed by atoms with Crippen LogP contribution in [0.2, 0.25) is 10.3 Å². The van der Waals surface area contributed by atoms with E-state index in [0.717, 1.165) is 35.2 Å². The Morgan fingerprint density at radius 2 is 1.75 bits per heavy atom. The first-order valence-corrected chi connectivity index (χ1v) is 10.4. The molecule has 0 fully saturated rings. The number of methoxy groups -OCH3 is 1. The van der Waals surface area contributed by atoms with Crippen molar-refractivity contribution in [3.63, 3.8) is 0 Å². The number of hydrogen-bond acceptors (Lipinski definition) is 3. The highest BCUT2D eigenvalue weighted by atomic mass is 35.5. The summed E-state index contributed by atoms with van der Waals surface area (Å²) in [5.74, 6) is 1.29. The van der Waals surface area contributed by atoms with Crippen LogP contribution in [0.5, 0.6) is 5.75 Å². The van der Waals surface area contributed by atoms with E-state index in [1.807, 2.05) is 34.9 Å². The van der Waals surface area contributed by atoms with Crippen LogP contribution >= 0.6 is 23.2 Å². The van der Waals surface area contributed by atoms with Crippen LogP contribution in [0.3, 0.4) is 0 Å². The van der Waals surface area contributed by atoms with Crippen LogP contribution in [0.4, 0.5) is 0 Å². The van der Waals surface area contributed by atoms with E-state index in [0.29, 0.717) is 36.0 Å². The molecule has 0 N–H and O–H groups in total. The molecular weight excluding hydrogens is 395 g/mol. The maximum absolute atomic E-state index is 6.46. The van der Waals surface area contributed by atoms with E-state index in [9.17, 15) is 0 Å². The van der Waals surface area contributed by atoms with E-state index in [4.69, 9.17) is 32.7 Å². The van der Waals surface area contributed by atoms with Gasteiger partial charge in [0.15, 0.2) is 0 Å². The topological polar surface area (TPSA) is 36.3 Å². The monoisotopic (exact) mass is 420 g/mol. The molecule has 0 bridgehead atoms. The number of imidazole rings is 1. The predicted molar refractivity (Wildman–Crippen MR) is 116 cm³/mol. The van der Waals surface area contributed by atoms with Crippen molar-refractivity contribution in [2.24, 2.45) is 0 Å². The van der Waals surface area contributed by atoms with E-state index in [1.54, 1.807) is 7.11 Å². The van der Waals surface area contributed by atoms with Gasteiger partial charge in [-0.2, -0.15) is 0 Å². The molecular formula is C22H26Cl2N2O2. The number of benzene rings is 2. The maximum Gasteiger partial charge on any atom is 0.203 e. The first kappa shape index (κ1) is 21.0. The van der Waals surface area contributed by atoms with Crippen LogP contribution in [0.25, 0.3) is 11.0 Å². The Morgan fingerprint density at radius 1 is 1.04 bits per heavy atom. The molecule has 0 aliphatic heterocycles. The number of aromatic nitrogens is 2. The summed E-state index contributed by atoms with van der Waals surface area (Å²) in [6.45, 7) is 6.10. The molecule has 2 aromatic carbocycles. The van der Waals surface area contributed by atoms with Gasteiger partial charge in [-0.1, -0.05) is 43.6 Å². The number of nitrogens with zero attached hydrogens (tertiary/aromatic N) is 2. The molecule has 3 aromatic rings. The zero-order chi connectivity index (χ0) is 20.1. The first-order valence-electron chi connectivity index (χ1n) is 9.63. The average molecular weight is 421 g/mol. The Hall–Kier alpha value is -1.75. The summed E-state index contributed by atoms with van der Waals surface area (Å²) in [7, 11) is 1.66. The Balaban J connectivity index is 1.76. The van der Waals surface area contributed by atoms with Gasteiger partial charge in [0.2, 0.25) is 5.28 Å². The van der Waals surface area contributed by atoms with E-state index in [-0.39, 0.29) is 0 Å². The standard InChI is InChI=1S/C22H26Cl2N2O2/c1-4-16(5-2)18-10-11-19(23)20-21(18)26(22(24)25-20)12-13-28-14-15-6-8-17(27-3)9-7-15/h6-11,16H,4-5,12-14H2,1-3H3. The first-order chi connectivity index (χ1) is 13.6. The van der Waals surface area contributed by atoms with Gasteiger partial charge in [0.25, 0.3) is 0 Å². The molecule has 1 aromatic heterocycles. The van der Waals surface area contributed by atoms with Crippen LogP contribution in [0, 0.1) is 0 Å². The van der Waals surface area contributed by atoms with Crippen molar-refractivity contribution in [2.45, 2.75) is 45.8 Å².